The number of hydrogen-bond donors (Lipinski definition) is 2. The zero-order chi connectivity index (χ0) is 19.0. The van der Waals surface area contributed by atoms with Gasteiger partial charge in [-0.15, -0.1) is 0 Å². The molecule has 1 heterocycles. The molecule has 0 bridgehead atoms. The van der Waals surface area contributed by atoms with E-state index >= 15 is 0 Å². The molecule has 0 spiro atoms. The van der Waals surface area contributed by atoms with Crippen molar-refractivity contribution in [3.05, 3.63) is 18.2 Å². The molecule has 1 aliphatic heterocycles. The van der Waals surface area contributed by atoms with Crippen molar-refractivity contribution in [1.82, 2.24) is 4.90 Å². The second kappa shape index (κ2) is 6.95. The summed E-state index contributed by atoms with van der Waals surface area (Å²) in [5.41, 5.74) is -0.137. The minimum atomic E-state index is -5.31. The smallest absolute Gasteiger partial charge is 0.381 e. The quantitative estimate of drug-likeness (QED) is 0.701. The van der Waals surface area contributed by atoms with Crippen molar-refractivity contribution in [2.75, 3.05) is 25.5 Å². The minimum Gasteiger partial charge on any atom is -0.381 e. The number of piperidine rings is 1. The van der Waals surface area contributed by atoms with Crippen LogP contribution in [-0.2, 0) is 19.9 Å². The molecule has 1 aromatic rings. The van der Waals surface area contributed by atoms with Crippen LogP contribution in [-0.4, -0.2) is 52.6 Å². The highest BCUT2D eigenvalue weighted by atomic mass is 35.5. The largest absolute Gasteiger partial charge is 0.427 e. The Morgan fingerprint density at radius 2 is 1.80 bits per heavy atom. The summed E-state index contributed by atoms with van der Waals surface area (Å²) in [5.74, 6) is 0. The topological polar surface area (TPSA) is 110 Å². The molecule has 0 amide bonds. The highest BCUT2D eigenvalue weighted by Gasteiger charge is 2.45. The van der Waals surface area contributed by atoms with Gasteiger partial charge in [-0.05, 0) is 62.8 Å². The number of primary sulfonamides is 1. The van der Waals surface area contributed by atoms with E-state index in [1.807, 2.05) is 7.05 Å². The Labute approximate surface area is 150 Å². The van der Waals surface area contributed by atoms with Gasteiger partial charge < -0.3 is 10.2 Å². The maximum atomic E-state index is 13.4. The third-order valence-electron chi connectivity index (χ3n) is 3.95. The normalized spacial score (nSPS) is 18.3. The highest BCUT2D eigenvalue weighted by Crippen LogP contribution is 2.37. The van der Waals surface area contributed by atoms with Crippen LogP contribution in [0.4, 0.5) is 14.5 Å². The molecule has 12 heteroatoms. The first-order valence-corrected chi connectivity index (χ1v) is 10.7. The van der Waals surface area contributed by atoms with E-state index in [9.17, 15) is 25.6 Å². The predicted molar refractivity (Wildman–Crippen MR) is 89.9 cm³/mol. The fraction of sp³-hybridized carbons (Fsp3) is 0.538. The van der Waals surface area contributed by atoms with E-state index < -0.39 is 34.4 Å². The van der Waals surface area contributed by atoms with Crippen molar-refractivity contribution in [3.8, 4) is 0 Å². The Morgan fingerprint density at radius 1 is 1.24 bits per heavy atom. The molecule has 0 radical (unpaired) electrons. The second-order valence-electron chi connectivity index (χ2n) is 5.87. The lowest BCUT2D eigenvalue weighted by Crippen LogP contribution is -2.37. The molecule has 3 N–H and O–H groups in total. The third kappa shape index (κ3) is 4.59. The van der Waals surface area contributed by atoms with Crippen LogP contribution in [0.3, 0.4) is 0 Å². The summed E-state index contributed by atoms with van der Waals surface area (Å²) in [5, 5.41) is 7.85. The number of anilines is 1. The lowest BCUT2D eigenvalue weighted by atomic mass is 10.1. The van der Waals surface area contributed by atoms with Crippen LogP contribution in [0, 0.1) is 0 Å². The monoisotopic (exact) mass is 417 g/mol. The van der Waals surface area contributed by atoms with Crippen molar-refractivity contribution in [2.45, 2.75) is 33.4 Å². The van der Waals surface area contributed by atoms with Gasteiger partial charge in [-0.25, -0.2) is 22.0 Å². The molecule has 1 fully saturated rings. The summed E-state index contributed by atoms with van der Waals surface area (Å²) < 4.78 is 69.2. The Morgan fingerprint density at radius 3 is 2.28 bits per heavy atom. The number of alkyl halides is 3. The molecule has 0 atom stereocenters. The number of rotatable bonds is 5. The summed E-state index contributed by atoms with van der Waals surface area (Å²) >= 11 is 4.72. The van der Waals surface area contributed by atoms with E-state index in [4.69, 9.17) is 16.7 Å². The van der Waals surface area contributed by atoms with Gasteiger partial charge in [-0.2, -0.15) is 8.78 Å². The Balaban J connectivity index is 2.49. The summed E-state index contributed by atoms with van der Waals surface area (Å²) in [6, 6.07) is 2.61. The number of nitrogens with two attached hydrogens (primary N) is 1. The van der Waals surface area contributed by atoms with Crippen LogP contribution in [0.1, 0.15) is 12.8 Å². The van der Waals surface area contributed by atoms with E-state index in [1.165, 1.54) is 0 Å². The number of nitrogens with one attached hydrogen (secondary N) is 1. The molecular formula is C13H18ClF2N3O4S2. The molecule has 7 nitrogen and oxygen atoms in total. The predicted octanol–water partition coefficient (Wildman–Crippen LogP) is 1.40. The molecule has 1 aliphatic rings. The van der Waals surface area contributed by atoms with Crippen molar-refractivity contribution < 1.29 is 25.6 Å². The second-order valence-corrected chi connectivity index (χ2v) is 10.1. The van der Waals surface area contributed by atoms with Crippen LogP contribution in [0.2, 0.25) is 0 Å². The maximum absolute atomic E-state index is 13.4. The van der Waals surface area contributed by atoms with Crippen molar-refractivity contribution in [3.63, 3.8) is 0 Å². The molecule has 2 rings (SSSR count). The van der Waals surface area contributed by atoms with Gasteiger partial charge in [-0.3, -0.25) is 0 Å². The van der Waals surface area contributed by atoms with Gasteiger partial charge in [0.05, 0.1) is 15.5 Å². The van der Waals surface area contributed by atoms with Crippen molar-refractivity contribution in [2.24, 2.45) is 5.14 Å². The highest BCUT2D eigenvalue weighted by molar-refractivity contribution is 7.94. The molecule has 25 heavy (non-hydrogen) atoms. The molecule has 142 valence electrons. The van der Waals surface area contributed by atoms with Crippen LogP contribution >= 0.6 is 11.6 Å². The number of hydrogen-bond acceptors (Lipinski definition) is 6. The number of sulfonamides is 1. The van der Waals surface area contributed by atoms with Crippen LogP contribution < -0.4 is 10.5 Å². The van der Waals surface area contributed by atoms with E-state index in [0.29, 0.717) is 18.9 Å². The standard InChI is InChI=1S/C13H18ClF2N3O4S2/c1-19-6-4-9(5-7-19)18-11-3-2-10(25(17,22)23)8-12(11)24(20,21)13(14,15)16/h2-3,8-9,18H,4-7H2,1H3,(H2,17,22,23). The minimum absolute atomic E-state index is 0.137. The van der Waals surface area contributed by atoms with Crippen LogP contribution in [0.15, 0.2) is 28.0 Å². The number of sulfone groups is 1. The van der Waals surface area contributed by atoms with Gasteiger partial charge in [-0.1, -0.05) is 0 Å². The average molecular weight is 418 g/mol. The molecule has 1 saturated heterocycles. The first kappa shape index (κ1) is 20.3. The Bertz CT molecular complexity index is 849. The molecular weight excluding hydrogens is 400 g/mol. The van der Waals surface area contributed by atoms with Gasteiger partial charge in [0.25, 0.3) is 9.84 Å². The average Bonchev–Trinajstić information content (AvgIpc) is 2.47. The van der Waals surface area contributed by atoms with E-state index in [0.717, 1.165) is 25.2 Å². The number of likely N-dealkylation sites (tertiary alicyclic amines) is 1. The summed E-state index contributed by atoms with van der Waals surface area (Å²) in [4.78, 5) is 0.575. The van der Waals surface area contributed by atoms with Crippen molar-refractivity contribution in [1.29, 1.82) is 0 Å². The SMILES string of the molecule is CN1CCC(Nc2ccc(S(N)(=O)=O)cc2S(=O)(=O)C(F)(F)Cl)CC1. The maximum Gasteiger partial charge on any atom is 0.427 e. The van der Waals surface area contributed by atoms with Crippen LogP contribution in [0.25, 0.3) is 0 Å². The van der Waals surface area contributed by atoms with Crippen molar-refractivity contribution >= 4 is 37.1 Å². The molecule has 0 aromatic heterocycles. The van der Waals surface area contributed by atoms with E-state index in [1.54, 1.807) is 0 Å². The van der Waals surface area contributed by atoms with Gasteiger partial charge >= 0.3 is 4.71 Å². The Kier molecular flexibility index (Phi) is 5.65. The summed E-state index contributed by atoms with van der Waals surface area (Å²) in [6.45, 7) is 1.50. The van der Waals surface area contributed by atoms with Crippen LogP contribution in [0.5, 0.6) is 0 Å². The molecule has 1 aromatic carbocycles. The zero-order valence-electron chi connectivity index (χ0n) is 13.2. The zero-order valence-corrected chi connectivity index (χ0v) is 15.6. The first-order chi connectivity index (χ1) is 11.3. The number of halogens is 3. The van der Waals surface area contributed by atoms with E-state index in [-0.39, 0.29) is 11.7 Å². The fourth-order valence-electron chi connectivity index (χ4n) is 2.52. The van der Waals surface area contributed by atoms with Gasteiger partial charge in [0, 0.05) is 6.04 Å². The molecule has 0 aliphatic carbocycles. The van der Waals surface area contributed by atoms with E-state index in [2.05, 4.69) is 10.2 Å². The lowest BCUT2D eigenvalue weighted by Gasteiger charge is -2.30. The number of benzene rings is 1. The number of nitrogens with zero attached hydrogens (tertiary/aromatic N) is 1. The fourth-order valence-corrected chi connectivity index (χ4v) is 4.33. The molecule has 0 saturated carbocycles. The third-order valence-corrected chi connectivity index (χ3v) is 7.00. The van der Waals surface area contributed by atoms with Gasteiger partial charge in [0.15, 0.2) is 0 Å². The Hall–Kier alpha value is -1.01. The summed E-state index contributed by atoms with van der Waals surface area (Å²) in [7, 11) is -7.66. The van der Waals surface area contributed by atoms with Gasteiger partial charge in [0.2, 0.25) is 10.0 Å². The van der Waals surface area contributed by atoms with Gasteiger partial charge in [0.1, 0.15) is 0 Å². The summed E-state index contributed by atoms with van der Waals surface area (Å²) in [6.07, 6.45) is 1.34. The molecule has 0 unspecified atom stereocenters. The lowest BCUT2D eigenvalue weighted by molar-refractivity contribution is 0.187. The first-order valence-electron chi connectivity index (χ1n) is 7.25.